The number of likely N-dealkylation sites (tertiary alicyclic amines) is 1. The molecular formula is C23H24N2O2S. The molecule has 1 aromatic heterocycles. The molecule has 1 saturated heterocycles. The second-order valence-electron chi connectivity index (χ2n) is 6.95. The number of fused-ring (bicyclic) bond motifs is 1. The highest BCUT2D eigenvalue weighted by molar-refractivity contribution is 7.18. The average molecular weight is 393 g/mol. The van der Waals surface area contributed by atoms with Crippen molar-refractivity contribution in [1.29, 1.82) is 0 Å². The molecule has 0 saturated carbocycles. The van der Waals surface area contributed by atoms with E-state index in [9.17, 15) is 4.79 Å². The molecule has 0 spiro atoms. The summed E-state index contributed by atoms with van der Waals surface area (Å²) in [6, 6.07) is 16.1. The Bertz CT molecular complexity index is 937. The van der Waals surface area contributed by atoms with Crippen molar-refractivity contribution in [1.82, 2.24) is 9.88 Å². The number of thiazole rings is 1. The van der Waals surface area contributed by atoms with Crippen LogP contribution in [-0.2, 0) is 4.79 Å². The highest BCUT2D eigenvalue weighted by Crippen LogP contribution is 2.33. The van der Waals surface area contributed by atoms with Crippen LogP contribution in [0.25, 0.3) is 16.3 Å². The Kier molecular flexibility index (Phi) is 5.72. The van der Waals surface area contributed by atoms with Gasteiger partial charge in [-0.3, -0.25) is 4.79 Å². The van der Waals surface area contributed by atoms with Gasteiger partial charge in [-0.15, -0.1) is 11.3 Å². The van der Waals surface area contributed by atoms with Crippen molar-refractivity contribution in [3.05, 3.63) is 65.2 Å². The zero-order valence-corrected chi connectivity index (χ0v) is 16.8. The normalized spacial score (nSPS) is 15.4. The van der Waals surface area contributed by atoms with Gasteiger partial charge in [0.2, 0.25) is 5.91 Å². The lowest BCUT2D eigenvalue weighted by Crippen LogP contribution is -2.36. The molecule has 0 bridgehead atoms. The van der Waals surface area contributed by atoms with Gasteiger partial charge < -0.3 is 9.64 Å². The Morgan fingerprint density at radius 2 is 1.93 bits per heavy atom. The van der Waals surface area contributed by atoms with E-state index in [-0.39, 0.29) is 5.91 Å². The van der Waals surface area contributed by atoms with E-state index < -0.39 is 0 Å². The lowest BCUT2D eigenvalue weighted by atomic mass is 9.97. The van der Waals surface area contributed by atoms with Crippen LogP contribution in [-0.4, -0.2) is 35.5 Å². The lowest BCUT2D eigenvalue weighted by molar-refractivity contribution is -0.126. The number of aromatic nitrogens is 1. The predicted molar refractivity (Wildman–Crippen MR) is 115 cm³/mol. The molecule has 0 radical (unpaired) electrons. The van der Waals surface area contributed by atoms with E-state index in [2.05, 4.69) is 18.2 Å². The molecule has 4 nitrogen and oxygen atoms in total. The fourth-order valence-corrected chi connectivity index (χ4v) is 4.66. The number of rotatable bonds is 5. The Balaban J connectivity index is 1.33. The van der Waals surface area contributed by atoms with Crippen LogP contribution in [0.5, 0.6) is 5.75 Å². The average Bonchev–Trinajstić information content (AvgIpc) is 3.18. The van der Waals surface area contributed by atoms with Crippen LogP contribution in [0, 0.1) is 0 Å². The number of nitrogens with zero attached hydrogens (tertiary/aromatic N) is 2. The van der Waals surface area contributed by atoms with Crippen LogP contribution in [0.4, 0.5) is 0 Å². The number of carbonyl (C=O) groups is 1. The molecule has 2 heterocycles. The van der Waals surface area contributed by atoms with Crippen molar-refractivity contribution in [2.45, 2.75) is 25.7 Å². The van der Waals surface area contributed by atoms with Gasteiger partial charge in [0.15, 0.2) is 0 Å². The third-order valence-corrected chi connectivity index (χ3v) is 6.27. The molecule has 0 atom stereocenters. The van der Waals surface area contributed by atoms with Crippen molar-refractivity contribution in [2.75, 3.05) is 19.7 Å². The molecule has 0 aliphatic carbocycles. The molecule has 1 aliphatic heterocycles. The van der Waals surface area contributed by atoms with Gasteiger partial charge >= 0.3 is 0 Å². The number of hydrogen-bond acceptors (Lipinski definition) is 4. The SMILES string of the molecule is CCOc1ccc(/C=C/C(=O)N2CCC(c3nc4ccccc4s3)CC2)cc1. The number of ether oxygens (including phenoxy) is 1. The number of carbonyl (C=O) groups excluding carboxylic acids is 1. The molecule has 1 fully saturated rings. The second kappa shape index (κ2) is 8.57. The lowest BCUT2D eigenvalue weighted by Gasteiger charge is -2.30. The third-order valence-electron chi connectivity index (χ3n) is 5.08. The zero-order valence-electron chi connectivity index (χ0n) is 16.0. The van der Waals surface area contributed by atoms with Gasteiger partial charge in [-0.25, -0.2) is 4.98 Å². The monoisotopic (exact) mass is 392 g/mol. The fourth-order valence-electron chi connectivity index (χ4n) is 3.53. The van der Waals surface area contributed by atoms with E-state index in [1.165, 1.54) is 9.71 Å². The van der Waals surface area contributed by atoms with E-state index >= 15 is 0 Å². The minimum absolute atomic E-state index is 0.0802. The largest absolute Gasteiger partial charge is 0.494 e. The molecule has 4 rings (SSSR count). The van der Waals surface area contributed by atoms with Crippen molar-refractivity contribution >= 4 is 33.5 Å². The first-order valence-corrected chi connectivity index (χ1v) is 10.6. The number of piperidine rings is 1. The summed E-state index contributed by atoms with van der Waals surface area (Å²) in [4.78, 5) is 19.3. The summed E-state index contributed by atoms with van der Waals surface area (Å²) in [6.45, 7) is 4.19. The summed E-state index contributed by atoms with van der Waals surface area (Å²) in [6.07, 6.45) is 5.50. The Morgan fingerprint density at radius 1 is 1.18 bits per heavy atom. The summed E-state index contributed by atoms with van der Waals surface area (Å²) in [5.74, 6) is 1.39. The number of para-hydroxylation sites is 1. The molecule has 0 N–H and O–H groups in total. The molecule has 3 aromatic rings. The number of amides is 1. The van der Waals surface area contributed by atoms with Crippen LogP contribution in [0.3, 0.4) is 0 Å². The molecular weight excluding hydrogens is 368 g/mol. The molecule has 144 valence electrons. The van der Waals surface area contributed by atoms with Crippen LogP contribution >= 0.6 is 11.3 Å². The van der Waals surface area contributed by atoms with Crippen molar-refractivity contribution in [2.24, 2.45) is 0 Å². The summed E-state index contributed by atoms with van der Waals surface area (Å²) in [5.41, 5.74) is 2.08. The van der Waals surface area contributed by atoms with E-state index in [1.807, 2.05) is 48.2 Å². The third kappa shape index (κ3) is 4.25. The maximum absolute atomic E-state index is 12.5. The summed E-state index contributed by atoms with van der Waals surface area (Å²) in [5, 5.41) is 1.21. The van der Waals surface area contributed by atoms with Crippen molar-refractivity contribution in [3.63, 3.8) is 0 Å². The van der Waals surface area contributed by atoms with Crippen molar-refractivity contribution < 1.29 is 9.53 Å². The maximum atomic E-state index is 12.5. The van der Waals surface area contributed by atoms with E-state index in [0.717, 1.165) is 42.8 Å². The smallest absolute Gasteiger partial charge is 0.246 e. The number of benzene rings is 2. The molecule has 1 aliphatic rings. The Labute approximate surface area is 169 Å². The van der Waals surface area contributed by atoms with Gasteiger partial charge in [0.05, 0.1) is 21.8 Å². The van der Waals surface area contributed by atoms with Gasteiger partial charge in [0.1, 0.15) is 5.75 Å². The minimum Gasteiger partial charge on any atom is -0.494 e. The highest BCUT2D eigenvalue weighted by atomic mass is 32.1. The van der Waals surface area contributed by atoms with E-state index in [4.69, 9.17) is 9.72 Å². The van der Waals surface area contributed by atoms with Gasteiger partial charge in [-0.05, 0) is 55.7 Å². The highest BCUT2D eigenvalue weighted by Gasteiger charge is 2.24. The van der Waals surface area contributed by atoms with Crippen molar-refractivity contribution in [3.8, 4) is 5.75 Å². The van der Waals surface area contributed by atoms with Crippen LogP contribution in [0.1, 0.15) is 36.3 Å². The molecule has 1 amide bonds. The number of hydrogen-bond donors (Lipinski definition) is 0. The quantitative estimate of drug-likeness (QED) is 0.566. The summed E-state index contributed by atoms with van der Waals surface area (Å²) >= 11 is 1.79. The van der Waals surface area contributed by atoms with Crippen LogP contribution < -0.4 is 4.74 Å². The van der Waals surface area contributed by atoms with Gasteiger partial charge in [-0.1, -0.05) is 24.3 Å². The summed E-state index contributed by atoms with van der Waals surface area (Å²) < 4.78 is 6.69. The standard InChI is InChI=1S/C23H24N2O2S/c1-2-27-19-10-7-17(8-11-19)9-12-22(26)25-15-13-18(14-16-25)23-24-20-5-3-4-6-21(20)28-23/h3-12,18H,2,13-16H2,1H3/b12-9+. The van der Waals surface area contributed by atoms with Gasteiger partial charge in [0.25, 0.3) is 0 Å². The van der Waals surface area contributed by atoms with Crippen LogP contribution in [0.2, 0.25) is 0 Å². The second-order valence-corrected chi connectivity index (χ2v) is 8.02. The van der Waals surface area contributed by atoms with Gasteiger partial charge in [0, 0.05) is 25.1 Å². The Morgan fingerprint density at radius 3 is 2.64 bits per heavy atom. The van der Waals surface area contributed by atoms with E-state index in [1.54, 1.807) is 17.4 Å². The molecule has 2 aromatic carbocycles. The minimum atomic E-state index is 0.0802. The molecule has 0 unspecified atom stereocenters. The maximum Gasteiger partial charge on any atom is 0.246 e. The first-order valence-electron chi connectivity index (χ1n) is 9.78. The first-order chi connectivity index (χ1) is 13.7. The van der Waals surface area contributed by atoms with Crippen LogP contribution in [0.15, 0.2) is 54.6 Å². The first kappa shape index (κ1) is 18.7. The predicted octanol–water partition coefficient (Wildman–Crippen LogP) is 5.11. The zero-order chi connectivity index (χ0) is 19.3. The molecule has 5 heteroatoms. The fraction of sp³-hybridized carbons (Fsp3) is 0.304. The molecule has 28 heavy (non-hydrogen) atoms. The summed E-state index contributed by atoms with van der Waals surface area (Å²) in [7, 11) is 0. The van der Waals surface area contributed by atoms with Gasteiger partial charge in [-0.2, -0.15) is 0 Å². The Hall–Kier alpha value is -2.66. The topological polar surface area (TPSA) is 42.4 Å². The van der Waals surface area contributed by atoms with E-state index in [0.29, 0.717) is 12.5 Å².